The molecule has 0 spiro atoms. The number of methoxy groups -OCH3 is 1. The van der Waals surface area contributed by atoms with Crippen LogP contribution in [-0.4, -0.2) is 48.8 Å². The molecule has 200 valence electrons. The van der Waals surface area contributed by atoms with Gasteiger partial charge in [0.1, 0.15) is 6.10 Å². The van der Waals surface area contributed by atoms with E-state index in [4.69, 9.17) is 19.3 Å². The van der Waals surface area contributed by atoms with Crippen molar-refractivity contribution in [2.75, 3.05) is 26.9 Å². The summed E-state index contributed by atoms with van der Waals surface area (Å²) in [6, 6.07) is 3.17. The van der Waals surface area contributed by atoms with Crippen molar-refractivity contribution in [3.05, 3.63) is 62.6 Å². The molecule has 6 nitrogen and oxygen atoms in total. The van der Waals surface area contributed by atoms with Crippen molar-refractivity contribution < 1.29 is 41.3 Å². The molecule has 1 aromatic carbocycles. The Morgan fingerprint density at radius 2 is 1.94 bits per heavy atom. The molecule has 1 fully saturated rings. The zero-order valence-corrected chi connectivity index (χ0v) is 20.6. The van der Waals surface area contributed by atoms with Gasteiger partial charge in [-0.1, -0.05) is 19.9 Å². The third-order valence-corrected chi connectivity index (χ3v) is 7.00. The van der Waals surface area contributed by atoms with Crippen LogP contribution in [0, 0.1) is 24.5 Å². The number of aromatic nitrogens is 1. The monoisotopic (exact) mass is 519 g/mol. The molecule has 1 aliphatic heterocycles. The molecule has 2 heterocycles. The average Bonchev–Trinajstić information content (AvgIpc) is 3.07. The number of halogens is 5. The van der Waals surface area contributed by atoms with Gasteiger partial charge < -0.3 is 24.3 Å². The van der Waals surface area contributed by atoms with Crippen molar-refractivity contribution in [1.82, 2.24) is 4.98 Å². The summed E-state index contributed by atoms with van der Waals surface area (Å²) in [7, 11) is 1.10. The van der Waals surface area contributed by atoms with E-state index in [1.165, 1.54) is 19.1 Å². The molecular weight excluding hydrogens is 489 g/mol. The van der Waals surface area contributed by atoms with Crippen LogP contribution in [0.3, 0.4) is 0 Å². The zero-order chi connectivity index (χ0) is 27.0. The fraction of sp³-hybridized carbons (Fsp3) is 0.560. The van der Waals surface area contributed by atoms with Crippen LogP contribution in [-0.2, 0) is 9.47 Å². The van der Waals surface area contributed by atoms with E-state index in [1.807, 2.05) is 0 Å². The molecular formula is C25H30F5NO5. The molecule has 3 rings (SSSR count). The van der Waals surface area contributed by atoms with Crippen LogP contribution in [0.1, 0.15) is 61.2 Å². The van der Waals surface area contributed by atoms with Crippen LogP contribution < -0.4 is 10.2 Å². The number of aliphatic hydroxyl groups is 1. The molecule has 36 heavy (non-hydrogen) atoms. The summed E-state index contributed by atoms with van der Waals surface area (Å²) in [5.74, 6) is -5.79. The Bertz CT molecular complexity index is 1150. The summed E-state index contributed by atoms with van der Waals surface area (Å²) in [5, 5.41) is 8.89. The summed E-state index contributed by atoms with van der Waals surface area (Å²) in [6.07, 6.45) is -6.13. The Morgan fingerprint density at radius 3 is 2.50 bits per heavy atom. The summed E-state index contributed by atoms with van der Waals surface area (Å²) in [4.78, 5) is 16.1. The van der Waals surface area contributed by atoms with Gasteiger partial charge in [-0.3, -0.25) is 4.79 Å². The molecule has 0 saturated carbocycles. The quantitative estimate of drug-likeness (QED) is 0.383. The van der Waals surface area contributed by atoms with E-state index < -0.39 is 52.5 Å². The Balaban J connectivity index is 2.15. The number of aryl methyl sites for hydroxylation is 1. The van der Waals surface area contributed by atoms with Gasteiger partial charge in [-0.2, -0.15) is 17.6 Å². The van der Waals surface area contributed by atoms with Gasteiger partial charge in [0.25, 0.3) is 0 Å². The molecule has 0 amide bonds. The lowest BCUT2D eigenvalue weighted by Gasteiger charge is -2.32. The largest absolute Gasteiger partial charge is 0.493 e. The van der Waals surface area contributed by atoms with Crippen LogP contribution in [0.4, 0.5) is 22.0 Å². The average molecular weight is 520 g/mol. The second-order valence-electron chi connectivity index (χ2n) is 9.27. The van der Waals surface area contributed by atoms with Gasteiger partial charge in [0.15, 0.2) is 22.6 Å². The Morgan fingerprint density at radius 1 is 1.28 bits per heavy atom. The molecule has 5 atom stereocenters. The van der Waals surface area contributed by atoms with Crippen LogP contribution in [0.25, 0.3) is 0 Å². The first-order valence-electron chi connectivity index (χ1n) is 11.5. The topological polar surface area (TPSA) is 80.8 Å². The van der Waals surface area contributed by atoms with E-state index in [2.05, 4.69) is 4.98 Å². The van der Waals surface area contributed by atoms with Gasteiger partial charge in [-0.15, -0.1) is 0 Å². The number of pyridine rings is 1. The molecule has 11 heteroatoms. The van der Waals surface area contributed by atoms with E-state index in [0.717, 1.165) is 20.1 Å². The van der Waals surface area contributed by atoms with Crippen molar-refractivity contribution in [3.8, 4) is 5.75 Å². The zero-order valence-electron chi connectivity index (χ0n) is 20.6. The number of benzene rings is 1. The predicted octanol–water partition coefficient (Wildman–Crippen LogP) is 4.89. The van der Waals surface area contributed by atoms with Crippen molar-refractivity contribution >= 4 is 0 Å². The standard InChI is InChI=1S/C25H30F5NO5/c1-12(11-35-9-8-32)19-14(3)31-17(10-18(19)33)23-20(13(2)24(4,36-23)25(28,29)30)15-6-7-16(26)21(27)22(15)34-5/h6-7,10,12-13,20,23,32H,8-9,11H2,1-5H3,(H,31,33)/t12-,13+,20+,23+,24-/m1/s1. The normalized spacial score (nSPS) is 25.2. The second kappa shape index (κ2) is 10.5. The third kappa shape index (κ3) is 4.88. The Labute approximate surface area is 205 Å². The highest BCUT2D eigenvalue weighted by molar-refractivity contribution is 5.42. The van der Waals surface area contributed by atoms with E-state index in [9.17, 15) is 26.7 Å². The lowest BCUT2D eigenvalue weighted by molar-refractivity contribution is -0.275. The molecule has 2 N–H and O–H groups in total. The van der Waals surface area contributed by atoms with Gasteiger partial charge in [0.05, 0.1) is 26.9 Å². The number of rotatable bonds is 8. The highest BCUT2D eigenvalue weighted by Crippen LogP contribution is 2.59. The summed E-state index contributed by atoms with van der Waals surface area (Å²) >= 11 is 0. The summed E-state index contributed by atoms with van der Waals surface area (Å²) in [6.45, 7) is 5.65. The minimum atomic E-state index is -4.79. The highest BCUT2D eigenvalue weighted by atomic mass is 19.4. The van der Waals surface area contributed by atoms with Crippen LogP contribution in [0.15, 0.2) is 23.0 Å². The minimum Gasteiger partial charge on any atom is -0.493 e. The minimum absolute atomic E-state index is 0.00442. The van der Waals surface area contributed by atoms with Gasteiger partial charge in [0, 0.05) is 46.3 Å². The fourth-order valence-electron chi connectivity index (χ4n) is 4.98. The first kappa shape index (κ1) is 28.1. The number of nitrogens with one attached hydrogen (secondary N) is 1. The molecule has 0 bridgehead atoms. The summed E-state index contributed by atoms with van der Waals surface area (Å²) < 4.78 is 87.0. The number of hydrogen-bond donors (Lipinski definition) is 2. The Hall–Kier alpha value is -2.50. The van der Waals surface area contributed by atoms with Crippen LogP contribution >= 0.6 is 0 Å². The SMILES string of the molecule is COc1c([C@H]2[C@H](c3cc(=O)c([C@H](C)COCCO)c(C)[nH]3)O[C@@](C)(C(F)(F)F)[C@H]2C)ccc(F)c1F. The molecule has 1 aromatic heterocycles. The lowest BCUT2D eigenvalue weighted by Crippen LogP contribution is -2.46. The van der Waals surface area contributed by atoms with Gasteiger partial charge in [-0.05, 0) is 19.9 Å². The van der Waals surface area contributed by atoms with Crippen molar-refractivity contribution in [1.29, 1.82) is 0 Å². The maximum Gasteiger partial charge on any atom is 0.417 e. The first-order valence-corrected chi connectivity index (χ1v) is 11.5. The van der Waals surface area contributed by atoms with Gasteiger partial charge in [0.2, 0.25) is 5.82 Å². The molecule has 0 aliphatic carbocycles. The van der Waals surface area contributed by atoms with E-state index in [0.29, 0.717) is 11.3 Å². The molecule has 0 unspecified atom stereocenters. The third-order valence-electron chi connectivity index (χ3n) is 7.00. The smallest absolute Gasteiger partial charge is 0.417 e. The molecule has 1 aliphatic rings. The van der Waals surface area contributed by atoms with Crippen molar-refractivity contribution in [3.63, 3.8) is 0 Å². The number of aliphatic hydroxyl groups excluding tert-OH is 1. The van der Waals surface area contributed by atoms with Crippen LogP contribution in [0.2, 0.25) is 0 Å². The maximum absolute atomic E-state index is 14.5. The molecule has 2 aromatic rings. The second-order valence-corrected chi connectivity index (χ2v) is 9.27. The fourth-order valence-corrected chi connectivity index (χ4v) is 4.98. The highest BCUT2D eigenvalue weighted by Gasteiger charge is 2.65. The van der Waals surface area contributed by atoms with Crippen LogP contribution in [0.5, 0.6) is 5.75 Å². The Kier molecular flexibility index (Phi) is 8.17. The summed E-state index contributed by atoms with van der Waals surface area (Å²) in [5.41, 5.74) is -2.23. The number of ether oxygens (including phenoxy) is 3. The number of alkyl halides is 3. The van der Waals surface area contributed by atoms with Crippen molar-refractivity contribution in [2.24, 2.45) is 5.92 Å². The van der Waals surface area contributed by atoms with E-state index >= 15 is 0 Å². The van der Waals surface area contributed by atoms with E-state index in [-0.39, 0.29) is 37.0 Å². The number of hydrogen-bond acceptors (Lipinski definition) is 5. The molecule has 1 saturated heterocycles. The lowest BCUT2D eigenvalue weighted by atomic mass is 9.76. The van der Waals surface area contributed by atoms with Crippen molar-refractivity contribution in [2.45, 2.75) is 57.4 Å². The van der Waals surface area contributed by atoms with E-state index in [1.54, 1.807) is 13.8 Å². The predicted molar refractivity (Wildman–Crippen MR) is 121 cm³/mol. The molecule has 0 radical (unpaired) electrons. The van der Waals surface area contributed by atoms with Gasteiger partial charge >= 0.3 is 6.18 Å². The number of H-pyrrole nitrogens is 1. The van der Waals surface area contributed by atoms with Gasteiger partial charge in [-0.25, -0.2) is 4.39 Å². The first-order chi connectivity index (χ1) is 16.8. The number of aromatic amines is 1. The maximum atomic E-state index is 14.5.